The summed E-state index contributed by atoms with van der Waals surface area (Å²) < 4.78 is 39.9. The number of nitrogens with zero attached hydrogens (tertiary/aromatic N) is 1. The minimum Gasteiger partial charge on any atom is -0.406 e. The lowest BCUT2D eigenvalue weighted by Gasteiger charge is -2.25. The van der Waals surface area contributed by atoms with Crippen LogP contribution in [0.15, 0.2) is 29.3 Å². The molecule has 1 aliphatic heterocycles. The molecule has 0 saturated heterocycles. The number of alkyl halides is 4. The minimum absolute atomic E-state index is 0.302. The van der Waals surface area contributed by atoms with Crippen LogP contribution >= 0.6 is 11.6 Å². The molecule has 0 radical (unpaired) electrons. The van der Waals surface area contributed by atoms with Crippen molar-refractivity contribution in [3.63, 3.8) is 0 Å². The summed E-state index contributed by atoms with van der Waals surface area (Å²) in [6, 6.07) is 4.19. The molecule has 0 spiro atoms. The van der Waals surface area contributed by atoms with Crippen molar-refractivity contribution in [3.8, 4) is 5.75 Å². The highest BCUT2D eigenvalue weighted by molar-refractivity contribution is 6.21. The van der Waals surface area contributed by atoms with E-state index in [1.165, 1.54) is 12.1 Å². The number of halogens is 4. The zero-order valence-corrected chi connectivity index (χ0v) is 12.7. The smallest absolute Gasteiger partial charge is 0.406 e. The van der Waals surface area contributed by atoms with Gasteiger partial charge in [0.05, 0.1) is 5.50 Å². The van der Waals surface area contributed by atoms with Gasteiger partial charge in [0.1, 0.15) is 5.75 Å². The average molecular weight is 351 g/mol. The van der Waals surface area contributed by atoms with Crippen molar-refractivity contribution in [2.75, 3.05) is 5.32 Å². The maximum Gasteiger partial charge on any atom is 0.573 e. The van der Waals surface area contributed by atoms with Gasteiger partial charge in [0.2, 0.25) is 0 Å². The van der Waals surface area contributed by atoms with E-state index in [-0.39, 0.29) is 11.3 Å². The van der Waals surface area contributed by atoms with E-state index in [1.54, 1.807) is 6.92 Å². The lowest BCUT2D eigenvalue weighted by atomic mass is 10.2. The fourth-order valence-electron chi connectivity index (χ4n) is 1.91. The molecule has 126 valence electrons. The van der Waals surface area contributed by atoms with Crippen LogP contribution in [0, 0.1) is 0 Å². The number of hydrogen-bond donors (Lipinski definition) is 3. The van der Waals surface area contributed by atoms with Gasteiger partial charge in [-0.3, -0.25) is 10.3 Å². The molecule has 0 aliphatic carbocycles. The van der Waals surface area contributed by atoms with E-state index < -0.39 is 18.7 Å². The second-order valence-electron chi connectivity index (χ2n) is 4.78. The number of nitrogens with one attached hydrogen (secondary N) is 3. The minimum atomic E-state index is -4.76. The SMILES string of the molecule is CC1=NC(NC(=O)Nc2ccc(OC(F)(F)F)cc2)NC(Cl)C1. The number of urea groups is 1. The standard InChI is InChI=1S/C13H14ClF3N4O2/c1-7-6-10(14)20-11(18-7)21-12(22)19-8-2-4-9(5-3-8)23-13(15,16)17/h2-5,10-11,20H,6H2,1H3,(H2,19,21,22). The number of rotatable bonds is 3. The first-order valence-electron chi connectivity index (χ1n) is 6.58. The molecular weight excluding hydrogens is 337 g/mol. The third-order valence-electron chi connectivity index (χ3n) is 2.78. The van der Waals surface area contributed by atoms with Crippen molar-refractivity contribution < 1.29 is 22.7 Å². The molecule has 6 nitrogen and oxygen atoms in total. The van der Waals surface area contributed by atoms with E-state index in [0.717, 1.165) is 17.8 Å². The Morgan fingerprint density at radius 3 is 2.61 bits per heavy atom. The van der Waals surface area contributed by atoms with E-state index in [2.05, 4.69) is 25.7 Å². The van der Waals surface area contributed by atoms with E-state index in [0.29, 0.717) is 12.1 Å². The molecule has 2 atom stereocenters. The molecule has 10 heteroatoms. The molecule has 1 aliphatic rings. The number of benzene rings is 1. The van der Waals surface area contributed by atoms with Crippen molar-refractivity contribution in [2.24, 2.45) is 4.99 Å². The van der Waals surface area contributed by atoms with E-state index in [4.69, 9.17) is 11.6 Å². The van der Waals surface area contributed by atoms with E-state index in [1.807, 2.05) is 0 Å². The summed E-state index contributed by atoms with van der Waals surface area (Å²) in [6.45, 7) is 1.79. The van der Waals surface area contributed by atoms with Crippen molar-refractivity contribution in [1.82, 2.24) is 10.6 Å². The van der Waals surface area contributed by atoms with Gasteiger partial charge in [-0.15, -0.1) is 24.8 Å². The number of anilines is 1. The Bertz CT molecular complexity index is 592. The van der Waals surface area contributed by atoms with E-state index in [9.17, 15) is 18.0 Å². The van der Waals surface area contributed by atoms with Gasteiger partial charge in [-0.1, -0.05) is 0 Å². The Hall–Kier alpha value is -2.00. The summed E-state index contributed by atoms with van der Waals surface area (Å²) in [5.74, 6) is -0.373. The Balaban J connectivity index is 1.89. The van der Waals surface area contributed by atoms with Crippen molar-refractivity contribution >= 4 is 29.0 Å². The fraction of sp³-hybridized carbons (Fsp3) is 0.385. The highest BCUT2D eigenvalue weighted by atomic mass is 35.5. The van der Waals surface area contributed by atoms with Crippen LogP contribution in [0.3, 0.4) is 0 Å². The normalized spacial score (nSPS) is 21.3. The zero-order chi connectivity index (χ0) is 17.0. The van der Waals surface area contributed by atoms with Gasteiger partial charge < -0.3 is 15.4 Å². The number of hydrogen-bond acceptors (Lipinski definition) is 4. The van der Waals surface area contributed by atoms with Crippen LogP contribution in [0.5, 0.6) is 5.75 Å². The van der Waals surface area contributed by atoms with Gasteiger partial charge in [0, 0.05) is 17.8 Å². The summed E-state index contributed by atoms with van der Waals surface area (Å²) in [5.41, 5.74) is 0.760. The van der Waals surface area contributed by atoms with Gasteiger partial charge in [-0.2, -0.15) is 0 Å². The van der Waals surface area contributed by atoms with Gasteiger partial charge in [0.15, 0.2) is 6.29 Å². The Morgan fingerprint density at radius 1 is 1.39 bits per heavy atom. The number of ether oxygens (including phenoxy) is 1. The Kier molecular flexibility index (Phi) is 5.32. The van der Waals surface area contributed by atoms with Crippen molar-refractivity contribution in [2.45, 2.75) is 31.5 Å². The molecular formula is C13H14ClF3N4O2. The van der Waals surface area contributed by atoms with E-state index >= 15 is 0 Å². The number of carbonyl (C=O) groups is 1. The maximum absolute atomic E-state index is 12.0. The van der Waals surface area contributed by atoms with Crippen molar-refractivity contribution in [3.05, 3.63) is 24.3 Å². The zero-order valence-electron chi connectivity index (χ0n) is 11.9. The molecule has 2 amide bonds. The van der Waals surface area contributed by atoms with Crippen LogP contribution in [0.1, 0.15) is 13.3 Å². The predicted molar refractivity (Wildman–Crippen MR) is 79.6 cm³/mol. The summed E-state index contributed by atoms with van der Waals surface area (Å²) in [7, 11) is 0. The predicted octanol–water partition coefficient (Wildman–Crippen LogP) is 3.01. The quantitative estimate of drug-likeness (QED) is 0.579. The molecule has 0 fully saturated rings. The molecule has 0 aromatic heterocycles. The van der Waals surface area contributed by atoms with Crippen LogP contribution in [0.4, 0.5) is 23.7 Å². The first kappa shape index (κ1) is 17.4. The number of carbonyl (C=O) groups excluding carboxylic acids is 1. The van der Waals surface area contributed by atoms with Gasteiger partial charge in [0.25, 0.3) is 0 Å². The Labute approximate surface area is 135 Å². The summed E-state index contributed by atoms with van der Waals surface area (Å²) in [6.07, 6.45) is -4.85. The average Bonchev–Trinajstić information content (AvgIpc) is 2.38. The summed E-state index contributed by atoms with van der Waals surface area (Å²) in [4.78, 5) is 16.0. The number of amides is 2. The third-order valence-corrected chi connectivity index (χ3v) is 3.06. The molecule has 0 bridgehead atoms. The second kappa shape index (κ2) is 7.05. The topological polar surface area (TPSA) is 74.8 Å². The van der Waals surface area contributed by atoms with Crippen LogP contribution in [0.25, 0.3) is 0 Å². The molecule has 3 N–H and O–H groups in total. The van der Waals surface area contributed by atoms with Crippen molar-refractivity contribution in [1.29, 1.82) is 0 Å². The first-order valence-corrected chi connectivity index (χ1v) is 7.01. The summed E-state index contributed by atoms with van der Waals surface area (Å²) >= 11 is 5.95. The van der Waals surface area contributed by atoms with Crippen LogP contribution in [-0.4, -0.2) is 29.9 Å². The fourth-order valence-corrected chi connectivity index (χ4v) is 2.25. The third kappa shape index (κ3) is 5.95. The van der Waals surface area contributed by atoms with Crippen LogP contribution in [0.2, 0.25) is 0 Å². The molecule has 2 rings (SSSR count). The molecule has 1 heterocycles. The molecule has 1 aromatic rings. The maximum atomic E-state index is 12.0. The highest BCUT2D eigenvalue weighted by Crippen LogP contribution is 2.23. The van der Waals surface area contributed by atoms with Gasteiger partial charge in [-0.05, 0) is 31.2 Å². The monoisotopic (exact) mass is 350 g/mol. The summed E-state index contributed by atoms with van der Waals surface area (Å²) in [5, 5.41) is 7.87. The van der Waals surface area contributed by atoms with Gasteiger partial charge >= 0.3 is 12.4 Å². The molecule has 1 aromatic carbocycles. The van der Waals surface area contributed by atoms with Gasteiger partial charge in [-0.25, -0.2) is 4.79 Å². The van der Waals surface area contributed by atoms with Crippen LogP contribution in [-0.2, 0) is 0 Å². The lowest BCUT2D eigenvalue weighted by Crippen LogP contribution is -2.51. The largest absolute Gasteiger partial charge is 0.573 e. The highest BCUT2D eigenvalue weighted by Gasteiger charge is 2.31. The Morgan fingerprint density at radius 2 is 2.04 bits per heavy atom. The lowest BCUT2D eigenvalue weighted by molar-refractivity contribution is -0.274. The molecule has 2 unspecified atom stereocenters. The second-order valence-corrected chi connectivity index (χ2v) is 5.30. The molecule has 23 heavy (non-hydrogen) atoms. The number of aliphatic imine (C=N–C) groups is 1. The first-order chi connectivity index (χ1) is 10.7. The molecule has 0 saturated carbocycles. The van der Waals surface area contributed by atoms with Crippen LogP contribution < -0.4 is 20.7 Å².